The molecule has 8 heteroatoms. The Morgan fingerprint density at radius 1 is 1.17 bits per heavy atom. The summed E-state index contributed by atoms with van der Waals surface area (Å²) in [5, 5.41) is 3.31. The highest BCUT2D eigenvalue weighted by Gasteiger charge is 2.14. The lowest BCUT2D eigenvalue weighted by atomic mass is 10.3. The van der Waals surface area contributed by atoms with Gasteiger partial charge in [-0.25, -0.2) is 15.0 Å². The van der Waals surface area contributed by atoms with Gasteiger partial charge in [0.15, 0.2) is 11.5 Å². The standard InChI is InChI=1S/C16H23N7O/c1-4-11-9-18-15-16(24)21-12-13(17-7-8-22(5-2)6-3)19-10-20-14(12)23(11)15/h9-10H,4-8H2,1-3H3,(H,21,24)(H,17,19,20). The van der Waals surface area contributed by atoms with Crippen LogP contribution in [0.25, 0.3) is 16.8 Å². The van der Waals surface area contributed by atoms with E-state index >= 15 is 0 Å². The van der Waals surface area contributed by atoms with Gasteiger partial charge in [0.05, 0.1) is 0 Å². The zero-order valence-corrected chi connectivity index (χ0v) is 14.3. The molecule has 0 amide bonds. The van der Waals surface area contributed by atoms with E-state index in [1.807, 2.05) is 11.3 Å². The number of H-pyrrole nitrogens is 1. The van der Waals surface area contributed by atoms with Crippen molar-refractivity contribution >= 4 is 22.6 Å². The van der Waals surface area contributed by atoms with Gasteiger partial charge >= 0.3 is 0 Å². The van der Waals surface area contributed by atoms with Gasteiger partial charge in [-0.15, -0.1) is 0 Å². The number of hydrogen-bond donors (Lipinski definition) is 2. The normalized spacial score (nSPS) is 11.7. The maximum absolute atomic E-state index is 12.3. The number of nitrogens with one attached hydrogen (secondary N) is 2. The fourth-order valence-corrected chi connectivity index (χ4v) is 2.87. The fourth-order valence-electron chi connectivity index (χ4n) is 2.87. The maximum atomic E-state index is 12.3. The van der Waals surface area contributed by atoms with Crippen molar-refractivity contribution in [2.75, 3.05) is 31.5 Å². The summed E-state index contributed by atoms with van der Waals surface area (Å²) >= 11 is 0. The van der Waals surface area contributed by atoms with E-state index in [0.29, 0.717) is 22.6 Å². The molecule has 3 aromatic heterocycles. The Morgan fingerprint density at radius 2 is 1.96 bits per heavy atom. The monoisotopic (exact) mass is 329 g/mol. The molecule has 0 saturated heterocycles. The average molecular weight is 329 g/mol. The summed E-state index contributed by atoms with van der Waals surface area (Å²) in [5.41, 5.74) is 2.37. The van der Waals surface area contributed by atoms with Crippen molar-refractivity contribution in [2.24, 2.45) is 0 Å². The van der Waals surface area contributed by atoms with Crippen LogP contribution in [0.3, 0.4) is 0 Å². The summed E-state index contributed by atoms with van der Waals surface area (Å²) in [6.45, 7) is 9.99. The second-order valence-corrected chi connectivity index (χ2v) is 5.59. The SMILES string of the molecule is CCc1cnc2c(=O)[nH]c3c(NCCN(CC)CC)ncnc3n12. The maximum Gasteiger partial charge on any atom is 0.292 e. The minimum atomic E-state index is -0.233. The summed E-state index contributed by atoms with van der Waals surface area (Å²) in [6.07, 6.45) is 4.01. The first-order valence-electron chi connectivity index (χ1n) is 8.39. The predicted molar refractivity (Wildman–Crippen MR) is 94.6 cm³/mol. The zero-order valence-electron chi connectivity index (χ0n) is 14.3. The third kappa shape index (κ3) is 2.84. The van der Waals surface area contributed by atoms with Crippen molar-refractivity contribution < 1.29 is 0 Å². The molecule has 0 fully saturated rings. The Morgan fingerprint density at radius 3 is 2.67 bits per heavy atom. The number of hydrogen-bond acceptors (Lipinski definition) is 6. The van der Waals surface area contributed by atoms with Gasteiger partial charge in [0, 0.05) is 25.0 Å². The number of imidazole rings is 1. The van der Waals surface area contributed by atoms with Crippen LogP contribution in [0, 0.1) is 0 Å². The molecule has 0 aliphatic heterocycles. The molecule has 128 valence electrons. The zero-order chi connectivity index (χ0) is 17.1. The molecule has 3 aromatic rings. The van der Waals surface area contributed by atoms with Crippen LogP contribution in [0.4, 0.5) is 5.82 Å². The number of nitrogens with zero attached hydrogens (tertiary/aromatic N) is 5. The van der Waals surface area contributed by atoms with E-state index < -0.39 is 0 Å². The number of aromatic amines is 1. The summed E-state index contributed by atoms with van der Waals surface area (Å²) in [6, 6.07) is 0. The van der Waals surface area contributed by atoms with Gasteiger partial charge in [0.1, 0.15) is 11.8 Å². The Bertz CT molecular complexity index is 894. The molecule has 3 heterocycles. The molecular weight excluding hydrogens is 306 g/mol. The van der Waals surface area contributed by atoms with E-state index in [-0.39, 0.29) is 5.56 Å². The van der Waals surface area contributed by atoms with Crippen molar-refractivity contribution in [3.63, 3.8) is 0 Å². The van der Waals surface area contributed by atoms with Gasteiger partial charge in [-0.2, -0.15) is 0 Å². The van der Waals surface area contributed by atoms with Gasteiger partial charge in [-0.1, -0.05) is 20.8 Å². The van der Waals surface area contributed by atoms with Crippen LogP contribution in [0.2, 0.25) is 0 Å². The minimum Gasteiger partial charge on any atom is -0.367 e. The van der Waals surface area contributed by atoms with Crippen LogP contribution in [-0.2, 0) is 6.42 Å². The van der Waals surface area contributed by atoms with E-state index in [4.69, 9.17) is 0 Å². The molecule has 0 aromatic carbocycles. The van der Waals surface area contributed by atoms with Crippen LogP contribution >= 0.6 is 0 Å². The van der Waals surface area contributed by atoms with E-state index in [1.54, 1.807) is 6.20 Å². The molecular formula is C16H23N7O. The Hall–Kier alpha value is -2.48. The third-order valence-corrected chi connectivity index (χ3v) is 4.29. The summed E-state index contributed by atoms with van der Waals surface area (Å²) in [5.74, 6) is 0.641. The van der Waals surface area contributed by atoms with Crippen molar-refractivity contribution in [1.29, 1.82) is 0 Å². The van der Waals surface area contributed by atoms with Gasteiger partial charge in [0.25, 0.3) is 5.56 Å². The molecule has 0 spiro atoms. The Balaban J connectivity index is 2.01. The van der Waals surface area contributed by atoms with E-state index in [1.165, 1.54) is 6.33 Å². The molecule has 3 rings (SSSR count). The molecule has 0 bridgehead atoms. The van der Waals surface area contributed by atoms with Crippen LogP contribution in [0.5, 0.6) is 0 Å². The molecule has 24 heavy (non-hydrogen) atoms. The largest absolute Gasteiger partial charge is 0.367 e. The molecule has 0 saturated carbocycles. The smallest absolute Gasteiger partial charge is 0.292 e. The highest BCUT2D eigenvalue weighted by molar-refractivity contribution is 5.84. The molecule has 0 radical (unpaired) electrons. The molecule has 0 unspecified atom stereocenters. The first kappa shape index (κ1) is 16.4. The topological polar surface area (TPSA) is 91.2 Å². The van der Waals surface area contributed by atoms with Crippen molar-refractivity contribution in [3.05, 3.63) is 28.6 Å². The van der Waals surface area contributed by atoms with Crippen molar-refractivity contribution in [1.82, 2.24) is 29.2 Å². The quantitative estimate of drug-likeness (QED) is 0.678. The molecule has 0 aliphatic rings. The van der Waals surface area contributed by atoms with Gasteiger partial charge in [-0.05, 0) is 19.5 Å². The van der Waals surface area contributed by atoms with Crippen LogP contribution in [0.15, 0.2) is 17.3 Å². The van der Waals surface area contributed by atoms with Gasteiger partial charge in [0.2, 0.25) is 5.65 Å². The Labute approximate surface area is 140 Å². The van der Waals surface area contributed by atoms with Crippen molar-refractivity contribution in [3.8, 4) is 0 Å². The first-order chi connectivity index (χ1) is 11.7. The average Bonchev–Trinajstić information content (AvgIpc) is 3.04. The second-order valence-electron chi connectivity index (χ2n) is 5.59. The molecule has 0 atom stereocenters. The number of aryl methyl sites for hydroxylation is 1. The van der Waals surface area contributed by atoms with Crippen LogP contribution in [-0.4, -0.2) is 55.4 Å². The lowest BCUT2D eigenvalue weighted by Gasteiger charge is -2.18. The molecule has 0 aliphatic carbocycles. The highest BCUT2D eigenvalue weighted by atomic mass is 16.1. The van der Waals surface area contributed by atoms with E-state index in [0.717, 1.165) is 38.3 Å². The summed E-state index contributed by atoms with van der Waals surface area (Å²) in [7, 11) is 0. The predicted octanol–water partition coefficient (Wildman–Crippen LogP) is 1.28. The van der Waals surface area contributed by atoms with Crippen LogP contribution in [0.1, 0.15) is 26.5 Å². The summed E-state index contributed by atoms with van der Waals surface area (Å²) < 4.78 is 1.81. The second kappa shape index (κ2) is 6.96. The minimum absolute atomic E-state index is 0.233. The fraction of sp³-hybridized carbons (Fsp3) is 0.500. The van der Waals surface area contributed by atoms with Gasteiger partial charge < -0.3 is 15.2 Å². The lowest BCUT2D eigenvalue weighted by molar-refractivity contribution is 0.316. The number of fused-ring (bicyclic) bond motifs is 3. The number of anilines is 1. The number of rotatable bonds is 7. The van der Waals surface area contributed by atoms with Gasteiger partial charge in [-0.3, -0.25) is 9.20 Å². The highest BCUT2D eigenvalue weighted by Crippen LogP contribution is 2.17. The summed E-state index contributed by atoms with van der Waals surface area (Å²) in [4.78, 5) is 30.4. The Kier molecular flexibility index (Phi) is 4.75. The van der Waals surface area contributed by atoms with E-state index in [9.17, 15) is 4.79 Å². The van der Waals surface area contributed by atoms with E-state index in [2.05, 4.69) is 44.0 Å². The van der Waals surface area contributed by atoms with Crippen LogP contribution < -0.4 is 10.9 Å². The third-order valence-electron chi connectivity index (χ3n) is 4.29. The molecule has 8 nitrogen and oxygen atoms in total. The lowest BCUT2D eigenvalue weighted by Crippen LogP contribution is -2.29. The van der Waals surface area contributed by atoms with Crippen molar-refractivity contribution in [2.45, 2.75) is 27.2 Å². The number of aromatic nitrogens is 5. The first-order valence-corrected chi connectivity index (χ1v) is 8.39. The number of likely N-dealkylation sites (N-methyl/N-ethyl adjacent to an activating group) is 1. The molecule has 2 N–H and O–H groups in total.